The van der Waals surface area contributed by atoms with Crippen LogP contribution >= 0.6 is 19.2 Å². The Hall–Kier alpha value is -1.15. The molecule has 182 valence electrons. The monoisotopic (exact) mass is 496 g/mol. The molecule has 1 aliphatic carbocycles. The molecule has 1 fully saturated rings. The van der Waals surface area contributed by atoms with E-state index in [9.17, 15) is 18.1 Å². The van der Waals surface area contributed by atoms with Gasteiger partial charge in [-0.2, -0.15) is 0 Å². The van der Waals surface area contributed by atoms with Crippen molar-refractivity contribution in [2.75, 3.05) is 20.3 Å². The molecule has 2 rings (SSSR count). The first-order valence-electron chi connectivity index (χ1n) is 11.0. The number of methoxy groups -OCH3 is 1. The van der Waals surface area contributed by atoms with Crippen LogP contribution in [0.2, 0.25) is 5.15 Å². The molecule has 1 aromatic heterocycles. The maximum absolute atomic E-state index is 14.5. The molecule has 0 aliphatic heterocycles. The summed E-state index contributed by atoms with van der Waals surface area (Å²) in [4.78, 5) is 10.8. The Morgan fingerprint density at radius 1 is 1.19 bits per heavy atom. The Morgan fingerprint density at radius 3 is 2.53 bits per heavy atom. The molecule has 0 radical (unpaired) electrons. The Morgan fingerprint density at radius 2 is 1.91 bits per heavy atom. The summed E-state index contributed by atoms with van der Waals surface area (Å²) in [5, 5.41) is 7.62. The van der Waals surface area contributed by atoms with Gasteiger partial charge in [-0.25, -0.2) is 8.78 Å². The first kappa shape index (κ1) is 27.1. The van der Waals surface area contributed by atoms with Gasteiger partial charge in [0.05, 0.1) is 26.5 Å². The fourth-order valence-electron chi connectivity index (χ4n) is 3.94. The van der Waals surface area contributed by atoms with Crippen LogP contribution in [0.4, 0.5) is 8.78 Å². The van der Waals surface area contributed by atoms with Gasteiger partial charge in [0.25, 0.3) is 5.92 Å². The zero-order valence-electron chi connectivity index (χ0n) is 18.6. The van der Waals surface area contributed by atoms with Gasteiger partial charge in [0, 0.05) is 23.8 Å². The first-order valence-corrected chi connectivity index (χ1v) is 13.1. The van der Waals surface area contributed by atoms with Crippen molar-refractivity contribution in [2.45, 2.75) is 70.4 Å². The number of hydrogen-bond donors (Lipinski definition) is 0. The highest BCUT2D eigenvalue weighted by Gasteiger charge is 2.40. The third-order valence-corrected chi connectivity index (χ3v) is 7.83. The lowest BCUT2D eigenvalue weighted by Crippen LogP contribution is -2.32. The fraction of sp³-hybridized carbons (Fsp3) is 0.762. The van der Waals surface area contributed by atoms with Crippen molar-refractivity contribution in [3.63, 3.8) is 0 Å². The number of ether oxygens (including phenoxy) is 1. The molecule has 0 aromatic carbocycles. The van der Waals surface area contributed by atoms with Crippen LogP contribution in [0.15, 0.2) is 6.07 Å². The average molecular weight is 497 g/mol. The van der Waals surface area contributed by atoms with Crippen LogP contribution in [0.5, 0.6) is 5.88 Å². The van der Waals surface area contributed by atoms with Crippen LogP contribution < -0.4 is 4.74 Å². The molecule has 1 aliphatic rings. The van der Waals surface area contributed by atoms with Crippen molar-refractivity contribution >= 4 is 25.5 Å². The van der Waals surface area contributed by atoms with E-state index in [0.717, 1.165) is 6.29 Å². The van der Waals surface area contributed by atoms with E-state index in [0.29, 0.717) is 50.5 Å². The quantitative estimate of drug-likeness (QED) is 0.175. The summed E-state index contributed by atoms with van der Waals surface area (Å²) in [6.45, 7) is 2.02. The van der Waals surface area contributed by atoms with Gasteiger partial charge < -0.3 is 18.6 Å². The Balaban J connectivity index is 1.77. The van der Waals surface area contributed by atoms with Gasteiger partial charge in [0.2, 0.25) is 5.88 Å². The number of rotatable bonds is 14. The molecule has 0 bridgehead atoms. The first-order chi connectivity index (χ1) is 15.2. The number of aromatic nitrogens is 2. The van der Waals surface area contributed by atoms with Gasteiger partial charge in [-0.3, -0.25) is 4.57 Å². The Labute approximate surface area is 193 Å². The second-order valence-corrected chi connectivity index (χ2v) is 10.5. The lowest BCUT2D eigenvalue weighted by molar-refractivity contribution is -0.115. The molecule has 1 heterocycles. The van der Waals surface area contributed by atoms with E-state index < -0.39 is 19.4 Å². The molecule has 7 nitrogen and oxygen atoms in total. The maximum atomic E-state index is 14.5. The van der Waals surface area contributed by atoms with Crippen molar-refractivity contribution < 1.29 is 31.9 Å². The van der Waals surface area contributed by atoms with Crippen LogP contribution in [-0.4, -0.2) is 42.7 Å². The molecule has 0 spiro atoms. The van der Waals surface area contributed by atoms with Crippen molar-refractivity contribution in [3.8, 4) is 5.88 Å². The topological polar surface area (TPSA) is 87.6 Å². The molecule has 1 saturated carbocycles. The number of alkyl halides is 2. The van der Waals surface area contributed by atoms with Crippen molar-refractivity contribution in [3.05, 3.63) is 16.8 Å². The highest BCUT2D eigenvalue weighted by atomic mass is 35.5. The van der Waals surface area contributed by atoms with Crippen LogP contribution in [0, 0.1) is 11.8 Å². The van der Waals surface area contributed by atoms with Crippen LogP contribution in [0.25, 0.3) is 0 Å². The normalized spacial score (nSPS) is 21.2. The summed E-state index contributed by atoms with van der Waals surface area (Å²) in [5.41, 5.74) is 0.452. The highest BCUT2D eigenvalue weighted by molar-refractivity contribution is 7.53. The number of carbonyl (C=O) groups is 1. The largest absolute Gasteiger partial charge is 0.480 e. The number of halogens is 3. The fourth-order valence-corrected chi connectivity index (χ4v) is 5.81. The SMILES string of the molecule is CCOP(=O)(Cc1cc(Cl)nnc1OC)OCCCCCC(F)(F)C1CCC(C=O)CC1. The van der Waals surface area contributed by atoms with Crippen LogP contribution in [-0.2, 0) is 24.6 Å². The molecular formula is C21H32ClF2N2O5P. The smallest absolute Gasteiger partial charge is 0.335 e. The van der Waals surface area contributed by atoms with Crippen LogP contribution in [0.1, 0.15) is 63.9 Å². The number of unbranched alkanes of at least 4 members (excludes halogenated alkanes) is 2. The molecular weight excluding hydrogens is 465 g/mol. The van der Waals surface area contributed by atoms with Gasteiger partial charge in [-0.05, 0) is 51.5 Å². The molecule has 1 unspecified atom stereocenters. The lowest BCUT2D eigenvalue weighted by Gasteiger charge is -2.32. The van der Waals surface area contributed by atoms with E-state index in [2.05, 4.69) is 10.2 Å². The summed E-state index contributed by atoms with van der Waals surface area (Å²) >= 11 is 5.87. The van der Waals surface area contributed by atoms with Gasteiger partial charge >= 0.3 is 7.60 Å². The minimum atomic E-state index is -3.50. The second-order valence-electron chi connectivity index (χ2n) is 8.04. The molecule has 1 atom stereocenters. The van der Waals surface area contributed by atoms with E-state index >= 15 is 0 Å². The summed E-state index contributed by atoms with van der Waals surface area (Å²) in [6, 6.07) is 1.49. The van der Waals surface area contributed by atoms with E-state index in [-0.39, 0.29) is 42.7 Å². The zero-order valence-corrected chi connectivity index (χ0v) is 20.3. The standard InChI is InChI=1S/C21H32ClF2N2O5P/c1-3-30-32(28,15-17-13-19(22)25-26-20(17)29-2)31-12-6-4-5-11-21(23,24)18-9-7-16(14-27)8-10-18/h13-14,16,18H,3-12,15H2,1-2H3. The summed E-state index contributed by atoms with van der Waals surface area (Å²) in [7, 11) is -2.08. The molecule has 0 N–H and O–H groups in total. The Kier molecular flexibility index (Phi) is 10.9. The van der Waals surface area contributed by atoms with E-state index in [1.807, 2.05) is 0 Å². The van der Waals surface area contributed by atoms with Gasteiger partial charge in [-0.1, -0.05) is 18.0 Å². The lowest BCUT2D eigenvalue weighted by atomic mass is 9.78. The summed E-state index contributed by atoms with van der Waals surface area (Å²) in [6.07, 6.45) is 3.86. The van der Waals surface area contributed by atoms with E-state index in [1.54, 1.807) is 6.92 Å². The van der Waals surface area contributed by atoms with Crippen molar-refractivity contribution in [1.82, 2.24) is 10.2 Å². The molecule has 0 amide bonds. The predicted octanol–water partition coefficient (Wildman–Crippen LogP) is 6.09. The highest BCUT2D eigenvalue weighted by Crippen LogP contribution is 2.52. The zero-order chi connectivity index (χ0) is 23.6. The number of aldehydes is 1. The average Bonchev–Trinajstić information content (AvgIpc) is 2.76. The molecule has 32 heavy (non-hydrogen) atoms. The number of nitrogens with zero attached hydrogens (tertiary/aromatic N) is 2. The third-order valence-electron chi connectivity index (χ3n) is 5.69. The van der Waals surface area contributed by atoms with Crippen LogP contribution in [0.3, 0.4) is 0 Å². The minimum absolute atomic E-state index is 0.0702. The maximum Gasteiger partial charge on any atom is 0.335 e. The summed E-state index contributed by atoms with van der Waals surface area (Å²) < 4.78 is 58.1. The van der Waals surface area contributed by atoms with Gasteiger partial charge in [0.15, 0.2) is 5.15 Å². The predicted molar refractivity (Wildman–Crippen MR) is 117 cm³/mol. The number of carbonyl (C=O) groups excluding carboxylic acids is 1. The number of hydrogen-bond acceptors (Lipinski definition) is 7. The molecule has 1 aromatic rings. The van der Waals surface area contributed by atoms with Crippen molar-refractivity contribution in [1.29, 1.82) is 0 Å². The Bertz CT molecular complexity index is 779. The van der Waals surface area contributed by atoms with Gasteiger partial charge in [0.1, 0.15) is 6.29 Å². The molecule has 0 saturated heterocycles. The molecule has 11 heteroatoms. The van der Waals surface area contributed by atoms with Gasteiger partial charge in [-0.15, -0.1) is 10.2 Å². The third kappa shape index (κ3) is 8.32. The van der Waals surface area contributed by atoms with E-state index in [4.69, 9.17) is 25.4 Å². The summed E-state index contributed by atoms with van der Waals surface area (Å²) in [5.74, 6) is -3.26. The van der Waals surface area contributed by atoms with Crippen molar-refractivity contribution in [2.24, 2.45) is 11.8 Å². The van der Waals surface area contributed by atoms with E-state index in [1.165, 1.54) is 13.2 Å². The second kappa shape index (κ2) is 12.9. The minimum Gasteiger partial charge on any atom is -0.480 e.